The highest BCUT2D eigenvalue weighted by atomic mass is 16.6. The molecule has 0 saturated carbocycles. The van der Waals surface area contributed by atoms with E-state index in [0.717, 1.165) is 42.6 Å². The van der Waals surface area contributed by atoms with Crippen LogP contribution in [0.4, 0.5) is 10.5 Å². The zero-order chi connectivity index (χ0) is 18.7. The van der Waals surface area contributed by atoms with Crippen molar-refractivity contribution < 1.29 is 14.3 Å². The summed E-state index contributed by atoms with van der Waals surface area (Å²) in [6.07, 6.45) is 2.39. The van der Waals surface area contributed by atoms with E-state index in [1.165, 1.54) is 0 Å². The number of anilines is 1. The number of benzene rings is 1. The summed E-state index contributed by atoms with van der Waals surface area (Å²) in [5, 5.41) is 0. The Labute approximate surface area is 155 Å². The van der Waals surface area contributed by atoms with Gasteiger partial charge >= 0.3 is 6.09 Å². The summed E-state index contributed by atoms with van der Waals surface area (Å²) in [4.78, 5) is 31.1. The molecule has 0 aromatic heterocycles. The van der Waals surface area contributed by atoms with Crippen LogP contribution in [0.2, 0.25) is 0 Å². The number of amides is 2. The largest absolute Gasteiger partial charge is 0.450 e. The summed E-state index contributed by atoms with van der Waals surface area (Å²) in [7, 11) is 0. The molecule has 0 atom stereocenters. The fourth-order valence-corrected chi connectivity index (χ4v) is 3.89. The molecule has 0 spiro atoms. The van der Waals surface area contributed by atoms with Crippen molar-refractivity contribution in [1.82, 2.24) is 9.80 Å². The monoisotopic (exact) mass is 359 g/mol. The molecule has 0 N–H and O–H groups in total. The molecular formula is C20H29N3O3. The van der Waals surface area contributed by atoms with Crippen LogP contribution in [0.1, 0.15) is 49.0 Å². The third-order valence-corrected chi connectivity index (χ3v) is 5.23. The maximum Gasteiger partial charge on any atom is 0.409 e. The first-order chi connectivity index (χ1) is 12.5. The zero-order valence-electron chi connectivity index (χ0n) is 16.0. The summed E-state index contributed by atoms with van der Waals surface area (Å²) in [6.45, 7) is 9.24. The summed E-state index contributed by atoms with van der Waals surface area (Å²) >= 11 is 0. The predicted molar refractivity (Wildman–Crippen MR) is 101 cm³/mol. The van der Waals surface area contributed by atoms with Crippen molar-refractivity contribution in [3.63, 3.8) is 0 Å². The molecule has 2 aliphatic heterocycles. The maximum absolute atomic E-state index is 13.1. The van der Waals surface area contributed by atoms with Crippen molar-refractivity contribution in [2.75, 3.05) is 37.8 Å². The van der Waals surface area contributed by atoms with E-state index in [0.29, 0.717) is 26.4 Å². The molecule has 2 aliphatic rings. The van der Waals surface area contributed by atoms with E-state index in [2.05, 4.69) is 24.0 Å². The first-order valence-corrected chi connectivity index (χ1v) is 9.63. The van der Waals surface area contributed by atoms with E-state index >= 15 is 0 Å². The van der Waals surface area contributed by atoms with Crippen LogP contribution in [0.15, 0.2) is 18.2 Å². The lowest BCUT2D eigenvalue weighted by atomic mass is 9.99. The second-order valence-electron chi connectivity index (χ2n) is 7.12. The van der Waals surface area contributed by atoms with Crippen LogP contribution < -0.4 is 4.90 Å². The molecule has 2 heterocycles. The van der Waals surface area contributed by atoms with Gasteiger partial charge in [0.2, 0.25) is 0 Å². The van der Waals surface area contributed by atoms with E-state index < -0.39 is 0 Å². The minimum atomic E-state index is -0.246. The number of ether oxygens (including phenoxy) is 1. The average Bonchev–Trinajstić information content (AvgIpc) is 2.64. The van der Waals surface area contributed by atoms with Gasteiger partial charge in [0.15, 0.2) is 0 Å². The summed E-state index contributed by atoms with van der Waals surface area (Å²) in [5.74, 6) is 0.116. The normalized spacial score (nSPS) is 18.1. The highest BCUT2D eigenvalue weighted by Gasteiger charge is 2.35. The molecular weight excluding hydrogens is 330 g/mol. The summed E-state index contributed by atoms with van der Waals surface area (Å²) in [5.41, 5.74) is 2.95. The highest BCUT2D eigenvalue weighted by Crippen LogP contribution is 2.31. The number of hydrogen-bond donors (Lipinski definition) is 0. The van der Waals surface area contributed by atoms with Crippen LogP contribution in [0, 0.1) is 6.92 Å². The molecule has 3 rings (SSSR count). The second-order valence-corrected chi connectivity index (χ2v) is 7.12. The van der Waals surface area contributed by atoms with Crippen LogP contribution in [-0.2, 0) is 4.74 Å². The number of aryl methyl sites for hydroxylation is 1. The number of piperidine rings is 1. The van der Waals surface area contributed by atoms with E-state index in [9.17, 15) is 9.59 Å². The van der Waals surface area contributed by atoms with Gasteiger partial charge in [0.05, 0.1) is 24.5 Å². The predicted octanol–water partition coefficient (Wildman–Crippen LogP) is 3.25. The molecule has 0 radical (unpaired) electrons. The maximum atomic E-state index is 13.1. The van der Waals surface area contributed by atoms with Crippen molar-refractivity contribution in [3.8, 4) is 0 Å². The third-order valence-electron chi connectivity index (χ3n) is 5.23. The van der Waals surface area contributed by atoms with Gasteiger partial charge in [0.1, 0.15) is 0 Å². The topological polar surface area (TPSA) is 53.1 Å². The lowest BCUT2D eigenvalue weighted by Gasteiger charge is -2.44. The van der Waals surface area contributed by atoms with Gasteiger partial charge in [-0.25, -0.2) is 4.79 Å². The Balaban J connectivity index is 1.75. The molecule has 1 aromatic rings. The van der Waals surface area contributed by atoms with Gasteiger partial charge in [-0.1, -0.05) is 18.6 Å². The smallest absolute Gasteiger partial charge is 0.409 e. The number of fused-ring (bicyclic) bond motifs is 1. The molecule has 1 fully saturated rings. The molecule has 0 bridgehead atoms. The number of likely N-dealkylation sites (tertiary alicyclic amines) is 1. The zero-order valence-corrected chi connectivity index (χ0v) is 16.0. The Morgan fingerprint density at radius 3 is 2.62 bits per heavy atom. The molecule has 6 nitrogen and oxygen atoms in total. The Morgan fingerprint density at radius 1 is 1.23 bits per heavy atom. The molecule has 0 aliphatic carbocycles. The van der Waals surface area contributed by atoms with Crippen LogP contribution in [0.5, 0.6) is 0 Å². The standard InChI is InChI=1S/C20H29N3O3/c1-4-10-22-14-23(19(24)17-13-15(3)6-7-18(17)22)16-8-11-21(12-9-16)20(25)26-5-2/h6-7,13,16H,4-5,8-12,14H2,1-3H3. The number of carbonyl (C=O) groups is 2. The SMILES string of the molecule is CCCN1CN(C2CCN(C(=O)OCC)CC2)C(=O)c2cc(C)ccc21. The van der Waals surface area contributed by atoms with Crippen LogP contribution in [0.3, 0.4) is 0 Å². The van der Waals surface area contributed by atoms with Crippen molar-refractivity contribution in [2.45, 2.75) is 46.1 Å². The number of carbonyl (C=O) groups excluding carboxylic acids is 2. The van der Waals surface area contributed by atoms with Crippen molar-refractivity contribution in [1.29, 1.82) is 0 Å². The van der Waals surface area contributed by atoms with E-state index in [1.54, 1.807) is 4.90 Å². The molecule has 1 aromatic carbocycles. The highest BCUT2D eigenvalue weighted by molar-refractivity contribution is 6.02. The van der Waals surface area contributed by atoms with Gasteiger partial charge in [-0.15, -0.1) is 0 Å². The van der Waals surface area contributed by atoms with Crippen LogP contribution >= 0.6 is 0 Å². The van der Waals surface area contributed by atoms with Gasteiger partial charge in [-0.3, -0.25) is 4.79 Å². The van der Waals surface area contributed by atoms with E-state index in [1.807, 2.05) is 24.8 Å². The van der Waals surface area contributed by atoms with Crippen molar-refractivity contribution in [2.24, 2.45) is 0 Å². The molecule has 0 unspecified atom stereocenters. The lowest BCUT2D eigenvalue weighted by Crippen LogP contribution is -2.55. The quantitative estimate of drug-likeness (QED) is 0.828. The van der Waals surface area contributed by atoms with Gasteiger partial charge < -0.3 is 19.4 Å². The molecule has 2 amide bonds. The second kappa shape index (κ2) is 7.98. The average molecular weight is 359 g/mol. The van der Waals surface area contributed by atoms with Crippen LogP contribution in [0.25, 0.3) is 0 Å². The molecule has 1 saturated heterocycles. The Morgan fingerprint density at radius 2 is 1.96 bits per heavy atom. The number of nitrogens with zero attached hydrogens (tertiary/aromatic N) is 3. The minimum Gasteiger partial charge on any atom is -0.450 e. The fourth-order valence-electron chi connectivity index (χ4n) is 3.89. The minimum absolute atomic E-state index is 0.116. The van der Waals surface area contributed by atoms with Crippen molar-refractivity contribution >= 4 is 17.7 Å². The Hall–Kier alpha value is -2.24. The summed E-state index contributed by atoms with van der Waals surface area (Å²) in [6, 6.07) is 6.31. The van der Waals surface area contributed by atoms with Crippen LogP contribution in [-0.4, -0.2) is 60.8 Å². The van der Waals surface area contributed by atoms with E-state index in [4.69, 9.17) is 4.74 Å². The van der Waals surface area contributed by atoms with Gasteiger partial charge in [-0.2, -0.15) is 0 Å². The lowest BCUT2D eigenvalue weighted by molar-refractivity contribution is 0.0521. The van der Waals surface area contributed by atoms with Crippen molar-refractivity contribution in [3.05, 3.63) is 29.3 Å². The first kappa shape index (κ1) is 18.5. The molecule has 142 valence electrons. The third kappa shape index (κ3) is 3.64. The Bertz CT molecular complexity index is 668. The van der Waals surface area contributed by atoms with E-state index in [-0.39, 0.29) is 18.0 Å². The summed E-state index contributed by atoms with van der Waals surface area (Å²) < 4.78 is 5.09. The fraction of sp³-hybridized carbons (Fsp3) is 0.600. The van der Waals surface area contributed by atoms with Gasteiger partial charge in [-0.05, 0) is 45.2 Å². The van der Waals surface area contributed by atoms with Gasteiger partial charge in [0.25, 0.3) is 5.91 Å². The number of hydrogen-bond acceptors (Lipinski definition) is 4. The molecule has 26 heavy (non-hydrogen) atoms. The Kier molecular flexibility index (Phi) is 5.69. The first-order valence-electron chi connectivity index (χ1n) is 9.63. The van der Waals surface area contributed by atoms with Gasteiger partial charge in [0, 0.05) is 25.7 Å². The number of rotatable bonds is 4. The molecule has 6 heteroatoms.